The summed E-state index contributed by atoms with van der Waals surface area (Å²) in [6.07, 6.45) is 3.83. The maximum absolute atomic E-state index is 11.8. The normalized spacial score (nSPS) is 24.0. The number of amides is 1. The molecule has 1 aliphatic heterocycles. The van der Waals surface area contributed by atoms with Crippen molar-refractivity contribution in [3.63, 3.8) is 0 Å². The van der Waals surface area contributed by atoms with Gasteiger partial charge in [-0.25, -0.2) is 4.79 Å². The van der Waals surface area contributed by atoms with E-state index in [0.29, 0.717) is 6.42 Å². The van der Waals surface area contributed by atoms with Gasteiger partial charge in [-0.05, 0) is 6.42 Å². The highest BCUT2D eigenvalue weighted by molar-refractivity contribution is 5.84. The van der Waals surface area contributed by atoms with Gasteiger partial charge in [-0.3, -0.25) is 4.79 Å². The van der Waals surface area contributed by atoms with Gasteiger partial charge in [0.05, 0.1) is 6.10 Å². The number of carbonyl (C=O) groups excluding carboxylic acids is 1. The van der Waals surface area contributed by atoms with Gasteiger partial charge < -0.3 is 15.1 Å². The van der Waals surface area contributed by atoms with Gasteiger partial charge in [0.1, 0.15) is 6.04 Å². The van der Waals surface area contributed by atoms with Crippen molar-refractivity contribution in [3.8, 4) is 0 Å². The first kappa shape index (κ1) is 14.0. The summed E-state index contributed by atoms with van der Waals surface area (Å²) in [5, 5.41) is 18.4. The topological polar surface area (TPSA) is 77.8 Å². The number of aliphatic hydroxyl groups excluding tert-OH is 1. The van der Waals surface area contributed by atoms with Crippen LogP contribution in [0.4, 0.5) is 0 Å². The maximum Gasteiger partial charge on any atom is 0.326 e. The molecular formula is C12H21NO4. The van der Waals surface area contributed by atoms with E-state index in [4.69, 9.17) is 5.11 Å². The molecule has 0 aromatic carbocycles. The van der Waals surface area contributed by atoms with E-state index in [-0.39, 0.29) is 18.9 Å². The molecule has 5 heteroatoms. The van der Waals surface area contributed by atoms with Gasteiger partial charge >= 0.3 is 5.97 Å². The van der Waals surface area contributed by atoms with Gasteiger partial charge in [-0.2, -0.15) is 0 Å². The number of rotatable bonds is 6. The quantitative estimate of drug-likeness (QED) is 0.682. The third-order valence-electron chi connectivity index (χ3n) is 3.13. The molecule has 2 N–H and O–H groups in total. The summed E-state index contributed by atoms with van der Waals surface area (Å²) >= 11 is 0. The van der Waals surface area contributed by atoms with Gasteiger partial charge in [-0.15, -0.1) is 0 Å². The fourth-order valence-corrected chi connectivity index (χ4v) is 2.17. The van der Waals surface area contributed by atoms with Crippen LogP contribution in [0.15, 0.2) is 0 Å². The highest BCUT2D eigenvalue weighted by Gasteiger charge is 2.38. The van der Waals surface area contributed by atoms with Crippen LogP contribution in [0.5, 0.6) is 0 Å². The largest absolute Gasteiger partial charge is 0.480 e. The third kappa shape index (κ3) is 4.00. The van der Waals surface area contributed by atoms with Gasteiger partial charge in [0.15, 0.2) is 0 Å². The molecule has 1 aliphatic rings. The predicted octanol–water partition coefficient (Wildman–Crippen LogP) is 1.00. The fraction of sp³-hybridized carbons (Fsp3) is 0.833. The summed E-state index contributed by atoms with van der Waals surface area (Å²) in [6, 6.07) is -0.844. The summed E-state index contributed by atoms with van der Waals surface area (Å²) in [7, 11) is 0. The highest BCUT2D eigenvalue weighted by Crippen LogP contribution is 2.20. The Kier molecular flexibility index (Phi) is 5.41. The average Bonchev–Trinajstić information content (AvgIpc) is 2.66. The lowest BCUT2D eigenvalue weighted by Crippen LogP contribution is -2.40. The standard InChI is InChI=1S/C12H21NO4/c1-2-3-4-5-6-11(15)13-8-9(14)7-10(13)12(16)17/h9-10,14H,2-8H2,1H3,(H,16,17)/t9-,10+/m1/s1. The Labute approximate surface area is 101 Å². The zero-order chi connectivity index (χ0) is 12.8. The molecule has 17 heavy (non-hydrogen) atoms. The molecule has 0 saturated carbocycles. The predicted molar refractivity (Wildman–Crippen MR) is 62.5 cm³/mol. The van der Waals surface area contributed by atoms with Crippen molar-refractivity contribution in [1.82, 2.24) is 4.90 Å². The fourth-order valence-electron chi connectivity index (χ4n) is 2.17. The summed E-state index contributed by atoms with van der Waals surface area (Å²) < 4.78 is 0. The number of carboxylic acids is 1. The number of likely N-dealkylation sites (tertiary alicyclic amines) is 1. The molecule has 0 bridgehead atoms. The zero-order valence-electron chi connectivity index (χ0n) is 10.3. The van der Waals surface area contributed by atoms with E-state index < -0.39 is 18.1 Å². The Balaban J connectivity index is 2.41. The molecule has 0 radical (unpaired) electrons. The number of aliphatic hydroxyl groups is 1. The molecule has 0 spiro atoms. The smallest absolute Gasteiger partial charge is 0.326 e. The number of nitrogens with zero attached hydrogens (tertiary/aromatic N) is 1. The highest BCUT2D eigenvalue weighted by atomic mass is 16.4. The minimum atomic E-state index is -1.02. The van der Waals surface area contributed by atoms with Crippen molar-refractivity contribution in [1.29, 1.82) is 0 Å². The molecule has 98 valence electrons. The Morgan fingerprint density at radius 3 is 2.59 bits per heavy atom. The zero-order valence-corrected chi connectivity index (χ0v) is 10.3. The number of unbranched alkanes of at least 4 members (excludes halogenated alkanes) is 3. The SMILES string of the molecule is CCCCCCC(=O)N1C[C@H](O)C[C@H]1C(=O)O. The minimum Gasteiger partial charge on any atom is -0.480 e. The van der Waals surface area contributed by atoms with Crippen LogP contribution in [0.3, 0.4) is 0 Å². The first-order chi connectivity index (χ1) is 8.06. The van der Waals surface area contributed by atoms with E-state index >= 15 is 0 Å². The van der Waals surface area contributed by atoms with Crippen LogP contribution in [0, 0.1) is 0 Å². The number of hydrogen-bond acceptors (Lipinski definition) is 3. The van der Waals surface area contributed by atoms with E-state index in [1.54, 1.807) is 0 Å². The number of hydrogen-bond donors (Lipinski definition) is 2. The number of aliphatic carboxylic acids is 1. The van der Waals surface area contributed by atoms with Crippen LogP contribution in [0.1, 0.15) is 45.4 Å². The second kappa shape index (κ2) is 6.59. The monoisotopic (exact) mass is 243 g/mol. The molecule has 1 rings (SSSR count). The van der Waals surface area contributed by atoms with Crippen LogP contribution in [-0.2, 0) is 9.59 Å². The summed E-state index contributed by atoms with van der Waals surface area (Å²) in [6.45, 7) is 2.25. The first-order valence-electron chi connectivity index (χ1n) is 6.26. The molecule has 1 amide bonds. The molecule has 1 fully saturated rings. The van der Waals surface area contributed by atoms with Gasteiger partial charge in [0.25, 0.3) is 0 Å². The van der Waals surface area contributed by atoms with Crippen molar-refractivity contribution in [3.05, 3.63) is 0 Å². The Morgan fingerprint density at radius 1 is 1.29 bits per heavy atom. The third-order valence-corrected chi connectivity index (χ3v) is 3.13. The molecule has 1 heterocycles. The number of β-amino-alcohol motifs (C(OH)–C–C–N with tert-alkyl or cyclic N) is 1. The summed E-state index contributed by atoms with van der Waals surface area (Å²) in [5.41, 5.74) is 0. The lowest BCUT2D eigenvalue weighted by Gasteiger charge is -2.21. The van der Waals surface area contributed by atoms with Crippen molar-refractivity contribution in [2.24, 2.45) is 0 Å². The molecule has 1 saturated heterocycles. The van der Waals surface area contributed by atoms with Crippen LogP contribution in [0.25, 0.3) is 0 Å². The van der Waals surface area contributed by atoms with Crippen molar-refractivity contribution in [2.75, 3.05) is 6.54 Å². The molecule has 0 aromatic rings. The molecule has 0 aromatic heterocycles. The first-order valence-corrected chi connectivity index (χ1v) is 6.26. The number of carboxylic acid groups (broad SMARTS) is 1. The summed E-state index contributed by atoms with van der Waals surface area (Å²) in [4.78, 5) is 24.1. The summed E-state index contributed by atoms with van der Waals surface area (Å²) in [5.74, 6) is -1.17. The molecule has 2 atom stereocenters. The van der Waals surface area contributed by atoms with Gasteiger partial charge in [-0.1, -0.05) is 26.2 Å². The Morgan fingerprint density at radius 2 is 2.00 bits per heavy atom. The van der Waals surface area contributed by atoms with E-state index in [1.165, 1.54) is 4.90 Å². The molecular weight excluding hydrogens is 222 g/mol. The lowest BCUT2D eigenvalue weighted by molar-refractivity contribution is -0.148. The van der Waals surface area contributed by atoms with Crippen LogP contribution < -0.4 is 0 Å². The van der Waals surface area contributed by atoms with Gasteiger partial charge in [0.2, 0.25) is 5.91 Å². The van der Waals surface area contributed by atoms with E-state index in [0.717, 1.165) is 25.7 Å². The Bertz CT molecular complexity index is 280. The van der Waals surface area contributed by atoms with E-state index in [1.807, 2.05) is 0 Å². The average molecular weight is 243 g/mol. The van der Waals surface area contributed by atoms with Crippen LogP contribution in [-0.4, -0.2) is 45.7 Å². The molecule has 0 unspecified atom stereocenters. The van der Waals surface area contributed by atoms with Crippen molar-refractivity contribution < 1.29 is 19.8 Å². The molecule has 5 nitrogen and oxygen atoms in total. The minimum absolute atomic E-state index is 0.148. The van der Waals surface area contributed by atoms with Gasteiger partial charge in [0, 0.05) is 19.4 Å². The van der Waals surface area contributed by atoms with E-state index in [9.17, 15) is 14.7 Å². The number of carbonyl (C=O) groups is 2. The van der Waals surface area contributed by atoms with E-state index in [2.05, 4.69) is 6.92 Å². The Hall–Kier alpha value is -1.10. The second-order valence-electron chi connectivity index (χ2n) is 4.60. The van der Waals surface area contributed by atoms with Crippen molar-refractivity contribution in [2.45, 2.75) is 57.6 Å². The lowest BCUT2D eigenvalue weighted by atomic mass is 10.1. The maximum atomic E-state index is 11.8. The van der Waals surface area contributed by atoms with Crippen LogP contribution >= 0.6 is 0 Å². The van der Waals surface area contributed by atoms with Crippen LogP contribution in [0.2, 0.25) is 0 Å². The molecule has 0 aliphatic carbocycles. The van der Waals surface area contributed by atoms with Crippen molar-refractivity contribution >= 4 is 11.9 Å². The second-order valence-corrected chi connectivity index (χ2v) is 4.60.